The molecule has 0 aliphatic carbocycles. The van der Waals surface area contributed by atoms with Gasteiger partial charge in [-0.05, 0) is 81.3 Å². The number of ether oxygens (including phenoxy) is 1. The first-order valence-corrected chi connectivity index (χ1v) is 16.8. The van der Waals surface area contributed by atoms with Crippen molar-refractivity contribution in [3.05, 3.63) is 125 Å². The fraction of sp³-hybridized carbons (Fsp3) is 0.278. The van der Waals surface area contributed by atoms with Crippen LogP contribution in [0.25, 0.3) is 0 Å². The van der Waals surface area contributed by atoms with E-state index >= 15 is 0 Å². The zero-order valence-corrected chi connectivity index (χ0v) is 28.6. The second-order valence-electron chi connectivity index (χ2n) is 12.2. The molecule has 0 aliphatic rings. The van der Waals surface area contributed by atoms with E-state index in [1.165, 1.54) is 66.6 Å². The fourth-order valence-corrected chi connectivity index (χ4v) is 6.63. The maximum atomic E-state index is 14.5. The van der Waals surface area contributed by atoms with Crippen molar-refractivity contribution in [3.8, 4) is 5.75 Å². The van der Waals surface area contributed by atoms with E-state index in [-0.39, 0.29) is 28.6 Å². The van der Waals surface area contributed by atoms with Gasteiger partial charge < -0.3 is 15.0 Å². The summed E-state index contributed by atoms with van der Waals surface area (Å²) in [6, 6.07) is 24.5. The Labute approximate surface area is 281 Å². The summed E-state index contributed by atoms with van der Waals surface area (Å²) in [5, 5.41) is 3.13. The Morgan fingerprint density at radius 3 is 2.13 bits per heavy atom. The summed E-state index contributed by atoms with van der Waals surface area (Å²) in [6.45, 7) is 6.59. The molecule has 0 bridgehead atoms. The zero-order valence-electron chi connectivity index (χ0n) is 27.0. The van der Waals surface area contributed by atoms with Crippen LogP contribution in [0.3, 0.4) is 0 Å². The van der Waals surface area contributed by atoms with E-state index in [4.69, 9.17) is 16.3 Å². The number of anilines is 1. The molecule has 1 unspecified atom stereocenters. The van der Waals surface area contributed by atoms with Crippen molar-refractivity contribution in [2.45, 2.75) is 57.1 Å². The Balaban J connectivity index is 1.84. The number of hydrogen-bond donors (Lipinski definition) is 1. The van der Waals surface area contributed by atoms with Crippen LogP contribution in [-0.2, 0) is 32.6 Å². The normalized spacial score (nSPS) is 12.2. The number of amides is 2. The molecule has 0 radical (unpaired) electrons. The SMILES string of the molecule is COc1ccc(N(CC(=O)N(Cc2ccc(F)cc2)C(Cc2ccccc2)C(=O)NC(C)(C)C)S(=O)(=O)c2ccc(C)cc2)cc1Cl. The Kier molecular flexibility index (Phi) is 11.3. The number of aryl methyl sites for hydroxylation is 1. The van der Waals surface area contributed by atoms with Gasteiger partial charge in [0.1, 0.15) is 24.2 Å². The summed E-state index contributed by atoms with van der Waals surface area (Å²) in [4.78, 5) is 29.8. The number of rotatable bonds is 12. The molecule has 0 aromatic heterocycles. The number of sulfonamides is 1. The van der Waals surface area contributed by atoms with E-state index in [0.717, 1.165) is 15.4 Å². The molecule has 4 aromatic rings. The molecular weight excluding hydrogens is 641 g/mol. The molecule has 4 rings (SSSR count). The number of nitrogens with one attached hydrogen (secondary N) is 1. The lowest BCUT2D eigenvalue weighted by Gasteiger charge is -2.35. The van der Waals surface area contributed by atoms with E-state index in [1.54, 1.807) is 12.1 Å². The molecule has 4 aromatic carbocycles. The highest BCUT2D eigenvalue weighted by molar-refractivity contribution is 7.92. The highest BCUT2D eigenvalue weighted by Crippen LogP contribution is 2.32. The minimum Gasteiger partial charge on any atom is -0.495 e. The van der Waals surface area contributed by atoms with Gasteiger partial charge in [0.25, 0.3) is 10.0 Å². The highest BCUT2D eigenvalue weighted by Gasteiger charge is 2.35. The van der Waals surface area contributed by atoms with Crippen LogP contribution in [0.15, 0.2) is 102 Å². The van der Waals surface area contributed by atoms with Gasteiger partial charge in [-0.25, -0.2) is 12.8 Å². The summed E-state index contributed by atoms with van der Waals surface area (Å²) >= 11 is 6.43. The molecule has 0 saturated heterocycles. The molecule has 0 spiro atoms. The first kappa shape index (κ1) is 35.4. The third-order valence-electron chi connectivity index (χ3n) is 7.35. The van der Waals surface area contributed by atoms with Gasteiger partial charge in [-0.2, -0.15) is 0 Å². The van der Waals surface area contributed by atoms with Gasteiger partial charge in [-0.15, -0.1) is 0 Å². The van der Waals surface area contributed by atoms with Gasteiger partial charge in [0.15, 0.2) is 0 Å². The molecule has 47 heavy (non-hydrogen) atoms. The first-order chi connectivity index (χ1) is 22.2. The minimum absolute atomic E-state index is 0.0285. The maximum Gasteiger partial charge on any atom is 0.264 e. The van der Waals surface area contributed by atoms with Crippen LogP contribution in [-0.4, -0.2) is 50.4 Å². The summed E-state index contributed by atoms with van der Waals surface area (Å²) in [6.07, 6.45) is 0.148. The van der Waals surface area contributed by atoms with Gasteiger partial charge >= 0.3 is 0 Å². The van der Waals surface area contributed by atoms with Crippen LogP contribution in [0, 0.1) is 12.7 Å². The number of methoxy groups -OCH3 is 1. The molecule has 1 atom stereocenters. The Bertz CT molecular complexity index is 1800. The van der Waals surface area contributed by atoms with Crippen LogP contribution in [0.5, 0.6) is 5.75 Å². The van der Waals surface area contributed by atoms with Gasteiger partial charge in [0.05, 0.1) is 22.7 Å². The second kappa shape index (κ2) is 15.0. The standard InChI is InChI=1S/C36H39ClFN3O5S/c1-25-11-18-30(19-12-25)47(44,45)41(29-17-20-33(46-5)31(37)22-29)24-34(42)40(23-27-13-15-28(38)16-14-27)32(35(43)39-36(2,3)4)21-26-9-7-6-8-10-26/h6-20,22,32H,21,23-24H2,1-5H3,(H,39,43). The number of carbonyl (C=O) groups is 2. The lowest BCUT2D eigenvalue weighted by Crippen LogP contribution is -2.56. The molecule has 0 fully saturated rings. The average Bonchev–Trinajstić information content (AvgIpc) is 3.02. The number of hydrogen-bond acceptors (Lipinski definition) is 5. The molecule has 0 heterocycles. The molecule has 0 aliphatic heterocycles. The van der Waals surface area contributed by atoms with Crippen molar-refractivity contribution in [2.24, 2.45) is 0 Å². The Hall–Kier alpha value is -4.41. The third kappa shape index (κ3) is 9.33. The molecule has 2 amide bonds. The van der Waals surface area contributed by atoms with Crippen molar-refractivity contribution in [1.29, 1.82) is 0 Å². The van der Waals surface area contributed by atoms with Crippen LogP contribution >= 0.6 is 11.6 Å². The smallest absolute Gasteiger partial charge is 0.264 e. The van der Waals surface area contributed by atoms with E-state index in [9.17, 15) is 22.4 Å². The third-order valence-corrected chi connectivity index (χ3v) is 9.43. The molecule has 248 valence electrons. The van der Waals surface area contributed by atoms with Crippen LogP contribution < -0.4 is 14.4 Å². The monoisotopic (exact) mass is 679 g/mol. The molecule has 0 saturated carbocycles. The Morgan fingerprint density at radius 2 is 1.55 bits per heavy atom. The average molecular weight is 680 g/mol. The van der Waals surface area contributed by atoms with E-state index in [1.807, 2.05) is 58.0 Å². The lowest BCUT2D eigenvalue weighted by molar-refractivity contribution is -0.140. The summed E-state index contributed by atoms with van der Waals surface area (Å²) in [7, 11) is -2.87. The molecule has 11 heteroatoms. The number of benzene rings is 4. The summed E-state index contributed by atoms with van der Waals surface area (Å²) in [5.41, 5.74) is 1.71. The minimum atomic E-state index is -4.31. The summed E-state index contributed by atoms with van der Waals surface area (Å²) < 4.78 is 48.5. The summed E-state index contributed by atoms with van der Waals surface area (Å²) in [5.74, 6) is -1.20. The molecule has 8 nitrogen and oxygen atoms in total. The highest BCUT2D eigenvalue weighted by atomic mass is 35.5. The number of nitrogens with zero attached hydrogens (tertiary/aromatic N) is 2. The number of halogens is 2. The van der Waals surface area contributed by atoms with Crippen molar-refractivity contribution < 1.29 is 27.1 Å². The van der Waals surface area contributed by atoms with E-state index in [2.05, 4.69) is 5.32 Å². The maximum absolute atomic E-state index is 14.5. The quantitative estimate of drug-likeness (QED) is 0.183. The lowest BCUT2D eigenvalue weighted by atomic mass is 10.0. The van der Waals surface area contributed by atoms with Crippen molar-refractivity contribution in [3.63, 3.8) is 0 Å². The van der Waals surface area contributed by atoms with Gasteiger partial charge in [0, 0.05) is 18.5 Å². The van der Waals surface area contributed by atoms with Crippen LogP contribution in [0.1, 0.15) is 37.5 Å². The van der Waals surface area contributed by atoms with E-state index in [0.29, 0.717) is 11.3 Å². The van der Waals surface area contributed by atoms with Crippen molar-refractivity contribution >= 4 is 39.1 Å². The van der Waals surface area contributed by atoms with Crippen molar-refractivity contribution in [1.82, 2.24) is 10.2 Å². The van der Waals surface area contributed by atoms with Gasteiger partial charge in [-0.1, -0.05) is 71.8 Å². The van der Waals surface area contributed by atoms with Crippen molar-refractivity contribution in [2.75, 3.05) is 18.0 Å². The predicted molar refractivity (Wildman–Crippen MR) is 182 cm³/mol. The van der Waals surface area contributed by atoms with Gasteiger partial charge in [0.2, 0.25) is 11.8 Å². The molecule has 1 N–H and O–H groups in total. The second-order valence-corrected chi connectivity index (χ2v) is 14.5. The van der Waals surface area contributed by atoms with E-state index < -0.39 is 45.8 Å². The zero-order chi connectivity index (χ0) is 34.4. The van der Waals surface area contributed by atoms with Crippen LogP contribution in [0.2, 0.25) is 5.02 Å². The largest absolute Gasteiger partial charge is 0.495 e. The predicted octanol–water partition coefficient (Wildman–Crippen LogP) is 6.55. The van der Waals surface area contributed by atoms with Crippen LogP contribution in [0.4, 0.5) is 10.1 Å². The first-order valence-electron chi connectivity index (χ1n) is 15.0. The fourth-order valence-electron chi connectivity index (χ4n) is 4.97. The van der Waals surface area contributed by atoms with Gasteiger partial charge in [-0.3, -0.25) is 13.9 Å². The Morgan fingerprint density at radius 1 is 0.915 bits per heavy atom. The number of carbonyl (C=O) groups excluding carboxylic acids is 2. The molecular formula is C36H39ClFN3O5S. The topological polar surface area (TPSA) is 96.0 Å².